The van der Waals surface area contributed by atoms with Gasteiger partial charge in [-0.05, 0) is 25.7 Å². The van der Waals surface area contributed by atoms with Crippen molar-refractivity contribution in [3.8, 4) is 0 Å². The SMILES string of the molecule is COC(=O)CCCCCNC(=O)[C@@H]1CCCO1. The van der Waals surface area contributed by atoms with Gasteiger partial charge >= 0.3 is 5.97 Å². The summed E-state index contributed by atoms with van der Waals surface area (Å²) >= 11 is 0. The average molecular weight is 243 g/mol. The highest BCUT2D eigenvalue weighted by Crippen LogP contribution is 2.11. The summed E-state index contributed by atoms with van der Waals surface area (Å²) in [6.45, 7) is 1.34. The molecular formula is C12H21NO4. The number of unbranched alkanes of at least 4 members (excludes halogenated alkanes) is 2. The van der Waals surface area contributed by atoms with Crippen LogP contribution in [0, 0.1) is 0 Å². The van der Waals surface area contributed by atoms with Crippen LogP contribution in [0.3, 0.4) is 0 Å². The number of carbonyl (C=O) groups is 2. The van der Waals surface area contributed by atoms with E-state index in [0.29, 0.717) is 19.6 Å². The Balaban J connectivity index is 1.93. The monoisotopic (exact) mass is 243 g/mol. The topological polar surface area (TPSA) is 64.6 Å². The van der Waals surface area contributed by atoms with Crippen molar-refractivity contribution < 1.29 is 19.1 Å². The molecule has 1 aliphatic heterocycles. The van der Waals surface area contributed by atoms with E-state index in [1.54, 1.807) is 0 Å². The first-order valence-electron chi connectivity index (χ1n) is 6.20. The zero-order chi connectivity index (χ0) is 12.5. The Morgan fingerprint density at radius 1 is 1.35 bits per heavy atom. The zero-order valence-electron chi connectivity index (χ0n) is 10.4. The minimum atomic E-state index is -0.245. The first-order valence-corrected chi connectivity index (χ1v) is 6.20. The Labute approximate surface area is 102 Å². The fourth-order valence-corrected chi connectivity index (χ4v) is 1.78. The van der Waals surface area contributed by atoms with E-state index in [4.69, 9.17) is 4.74 Å². The fraction of sp³-hybridized carbons (Fsp3) is 0.833. The lowest BCUT2D eigenvalue weighted by Crippen LogP contribution is -2.34. The first-order chi connectivity index (χ1) is 8.24. The van der Waals surface area contributed by atoms with Gasteiger partial charge in [-0.15, -0.1) is 0 Å². The summed E-state index contributed by atoms with van der Waals surface area (Å²) in [6.07, 6.45) is 4.62. The van der Waals surface area contributed by atoms with Crippen molar-refractivity contribution in [1.29, 1.82) is 0 Å². The van der Waals surface area contributed by atoms with E-state index >= 15 is 0 Å². The molecule has 0 aromatic carbocycles. The van der Waals surface area contributed by atoms with Crippen molar-refractivity contribution in [2.75, 3.05) is 20.3 Å². The van der Waals surface area contributed by atoms with E-state index in [1.807, 2.05) is 0 Å². The van der Waals surface area contributed by atoms with Crippen LogP contribution in [0.4, 0.5) is 0 Å². The van der Waals surface area contributed by atoms with Gasteiger partial charge in [0.05, 0.1) is 7.11 Å². The van der Waals surface area contributed by atoms with Gasteiger partial charge in [-0.25, -0.2) is 0 Å². The molecule has 0 aromatic heterocycles. The van der Waals surface area contributed by atoms with Crippen molar-refractivity contribution in [3.63, 3.8) is 0 Å². The number of methoxy groups -OCH3 is 1. The van der Waals surface area contributed by atoms with E-state index in [1.165, 1.54) is 7.11 Å². The van der Waals surface area contributed by atoms with Crippen LogP contribution in [0.15, 0.2) is 0 Å². The summed E-state index contributed by atoms with van der Waals surface area (Å²) in [4.78, 5) is 22.3. The summed E-state index contributed by atoms with van der Waals surface area (Å²) in [7, 11) is 1.39. The summed E-state index contributed by atoms with van der Waals surface area (Å²) in [6, 6.07) is 0. The van der Waals surface area contributed by atoms with Crippen LogP contribution in [0.1, 0.15) is 38.5 Å². The molecule has 0 unspecified atom stereocenters. The van der Waals surface area contributed by atoms with Crippen LogP contribution < -0.4 is 5.32 Å². The second-order valence-corrected chi connectivity index (χ2v) is 4.18. The molecule has 1 saturated heterocycles. The number of esters is 1. The van der Waals surface area contributed by atoms with Crippen LogP contribution in [0.2, 0.25) is 0 Å². The van der Waals surface area contributed by atoms with Gasteiger partial charge in [0.1, 0.15) is 6.10 Å². The van der Waals surface area contributed by atoms with Gasteiger partial charge in [0.15, 0.2) is 0 Å². The fourth-order valence-electron chi connectivity index (χ4n) is 1.78. The van der Waals surface area contributed by atoms with Crippen LogP contribution in [0.5, 0.6) is 0 Å². The van der Waals surface area contributed by atoms with Gasteiger partial charge in [-0.3, -0.25) is 9.59 Å². The highest BCUT2D eigenvalue weighted by atomic mass is 16.5. The Bertz CT molecular complexity index is 249. The van der Waals surface area contributed by atoms with E-state index in [-0.39, 0.29) is 18.0 Å². The molecule has 1 rings (SSSR count). The van der Waals surface area contributed by atoms with Gasteiger partial charge in [0, 0.05) is 19.6 Å². The van der Waals surface area contributed by atoms with Gasteiger partial charge in [-0.2, -0.15) is 0 Å². The van der Waals surface area contributed by atoms with Crippen LogP contribution in [-0.2, 0) is 19.1 Å². The highest BCUT2D eigenvalue weighted by Gasteiger charge is 2.22. The smallest absolute Gasteiger partial charge is 0.305 e. The maximum atomic E-state index is 11.5. The molecule has 0 radical (unpaired) electrons. The molecule has 0 saturated carbocycles. The summed E-state index contributed by atoms with van der Waals surface area (Å²) in [5.41, 5.74) is 0. The summed E-state index contributed by atoms with van der Waals surface area (Å²) in [5, 5.41) is 2.85. The normalized spacial score (nSPS) is 19.0. The maximum Gasteiger partial charge on any atom is 0.305 e. The van der Waals surface area contributed by atoms with Gasteiger partial charge in [0.25, 0.3) is 0 Å². The lowest BCUT2D eigenvalue weighted by atomic mass is 10.2. The van der Waals surface area contributed by atoms with Crippen molar-refractivity contribution in [2.24, 2.45) is 0 Å². The van der Waals surface area contributed by atoms with Gasteiger partial charge in [-0.1, -0.05) is 6.42 Å². The molecule has 1 aliphatic rings. The van der Waals surface area contributed by atoms with Gasteiger partial charge < -0.3 is 14.8 Å². The van der Waals surface area contributed by atoms with E-state index in [2.05, 4.69) is 10.1 Å². The lowest BCUT2D eigenvalue weighted by molar-refractivity contribution is -0.140. The molecule has 5 heteroatoms. The molecule has 0 aliphatic carbocycles. The molecule has 1 fully saturated rings. The minimum absolute atomic E-state index is 0.00420. The van der Waals surface area contributed by atoms with E-state index < -0.39 is 0 Å². The standard InChI is InChI=1S/C12H21NO4/c1-16-11(14)7-3-2-4-8-13-12(15)10-6-5-9-17-10/h10H,2-9H2,1H3,(H,13,15)/t10-/m0/s1. The quantitative estimate of drug-likeness (QED) is 0.535. The third-order valence-electron chi connectivity index (χ3n) is 2.81. The number of rotatable bonds is 7. The molecule has 1 amide bonds. The number of hydrogen-bond acceptors (Lipinski definition) is 4. The first kappa shape index (κ1) is 14.0. The van der Waals surface area contributed by atoms with E-state index in [9.17, 15) is 9.59 Å². The minimum Gasteiger partial charge on any atom is -0.469 e. The Hall–Kier alpha value is -1.10. The molecule has 17 heavy (non-hydrogen) atoms. The Morgan fingerprint density at radius 3 is 2.82 bits per heavy atom. The molecule has 1 atom stereocenters. The highest BCUT2D eigenvalue weighted by molar-refractivity contribution is 5.80. The number of ether oxygens (including phenoxy) is 2. The molecule has 5 nitrogen and oxygen atoms in total. The van der Waals surface area contributed by atoms with Crippen molar-refractivity contribution in [1.82, 2.24) is 5.32 Å². The van der Waals surface area contributed by atoms with Crippen LogP contribution in [0.25, 0.3) is 0 Å². The summed E-state index contributed by atoms with van der Waals surface area (Å²) < 4.78 is 9.80. The molecule has 0 bridgehead atoms. The number of hydrogen-bond donors (Lipinski definition) is 1. The van der Waals surface area contributed by atoms with Crippen molar-refractivity contribution in [3.05, 3.63) is 0 Å². The number of amides is 1. The largest absolute Gasteiger partial charge is 0.469 e. The predicted molar refractivity (Wildman–Crippen MR) is 62.5 cm³/mol. The number of carbonyl (C=O) groups excluding carboxylic acids is 2. The average Bonchev–Trinajstić information content (AvgIpc) is 2.86. The van der Waals surface area contributed by atoms with E-state index in [0.717, 1.165) is 32.1 Å². The molecular weight excluding hydrogens is 222 g/mol. The third kappa shape index (κ3) is 5.68. The second-order valence-electron chi connectivity index (χ2n) is 4.18. The van der Waals surface area contributed by atoms with Crippen molar-refractivity contribution in [2.45, 2.75) is 44.6 Å². The molecule has 0 spiro atoms. The van der Waals surface area contributed by atoms with Crippen molar-refractivity contribution >= 4 is 11.9 Å². The molecule has 1 heterocycles. The number of nitrogens with one attached hydrogen (secondary N) is 1. The lowest BCUT2D eigenvalue weighted by Gasteiger charge is -2.09. The maximum absolute atomic E-state index is 11.5. The Morgan fingerprint density at radius 2 is 2.18 bits per heavy atom. The molecule has 0 aromatic rings. The van der Waals surface area contributed by atoms with Crippen LogP contribution >= 0.6 is 0 Å². The predicted octanol–water partition coefficient (Wildman–Crippen LogP) is 1.01. The zero-order valence-corrected chi connectivity index (χ0v) is 10.4. The molecule has 98 valence electrons. The summed E-state index contributed by atoms with van der Waals surface area (Å²) in [5.74, 6) is -0.177. The molecule has 1 N–H and O–H groups in total. The van der Waals surface area contributed by atoms with Gasteiger partial charge in [0.2, 0.25) is 5.91 Å². The third-order valence-corrected chi connectivity index (χ3v) is 2.81. The Kier molecular flexibility index (Phi) is 6.62. The second kappa shape index (κ2) is 8.06. The van der Waals surface area contributed by atoms with Crippen LogP contribution in [-0.4, -0.2) is 38.2 Å².